The summed E-state index contributed by atoms with van der Waals surface area (Å²) in [6.07, 6.45) is 5.96. The van der Waals surface area contributed by atoms with Crippen molar-refractivity contribution in [3.05, 3.63) is 0 Å². The smallest absolute Gasteiger partial charge is 0.117 e. The number of ether oxygens (including phenoxy) is 2. The Labute approximate surface area is 62.5 Å². The van der Waals surface area contributed by atoms with Crippen LogP contribution in [0.3, 0.4) is 0 Å². The summed E-state index contributed by atoms with van der Waals surface area (Å²) < 4.78 is 10.0. The lowest BCUT2D eigenvalue weighted by atomic mass is 10.3. The van der Waals surface area contributed by atoms with Gasteiger partial charge in [-0.1, -0.05) is 12.8 Å². The highest BCUT2D eigenvalue weighted by atomic mass is 16.5. The molecule has 2 heteroatoms. The van der Waals surface area contributed by atoms with Gasteiger partial charge >= 0.3 is 0 Å². The number of methoxy groups -OCH3 is 1. The van der Waals surface area contributed by atoms with Crippen LogP contribution >= 0.6 is 0 Å². The molecule has 0 rings (SSSR count). The van der Waals surface area contributed by atoms with Crippen molar-refractivity contribution in [2.75, 3.05) is 20.3 Å². The van der Waals surface area contributed by atoms with Crippen molar-refractivity contribution in [2.24, 2.45) is 0 Å². The Balaban J connectivity index is 3.20. The first-order chi connectivity index (χ1) is 4.85. The van der Waals surface area contributed by atoms with E-state index in [4.69, 9.17) is 15.9 Å². The first-order valence-electron chi connectivity index (χ1n) is 3.41. The molecular formula is C8H14O2. The van der Waals surface area contributed by atoms with E-state index in [1.807, 2.05) is 6.92 Å². The van der Waals surface area contributed by atoms with Gasteiger partial charge in [-0.3, -0.25) is 0 Å². The topological polar surface area (TPSA) is 18.5 Å². The third kappa shape index (κ3) is 4.37. The monoisotopic (exact) mass is 142 g/mol. The molecule has 0 N–H and O–H groups in total. The summed E-state index contributed by atoms with van der Waals surface area (Å²) in [5.74, 6) is 2.53. The van der Waals surface area contributed by atoms with E-state index in [2.05, 4.69) is 5.92 Å². The molecule has 0 amide bonds. The highest BCUT2D eigenvalue weighted by Crippen LogP contribution is 1.94. The van der Waals surface area contributed by atoms with Crippen molar-refractivity contribution >= 4 is 0 Å². The molecule has 0 fully saturated rings. The predicted molar refractivity (Wildman–Crippen MR) is 40.7 cm³/mol. The third-order valence-electron chi connectivity index (χ3n) is 1.16. The van der Waals surface area contributed by atoms with Gasteiger partial charge in [0.15, 0.2) is 0 Å². The van der Waals surface area contributed by atoms with E-state index in [9.17, 15) is 0 Å². The summed E-state index contributed by atoms with van der Waals surface area (Å²) in [4.78, 5) is 0. The minimum atomic E-state index is -0.0462. The normalized spacial score (nSPS) is 12.5. The van der Waals surface area contributed by atoms with E-state index >= 15 is 0 Å². The molecule has 0 aliphatic rings. The minimum absolute atomic E-state index is 0.0462. The van der Waals surface area contributed by atoms with Gasteiger partial charge in [0.1, 0.15) is 6.10 Å². The van der Waals surface area contributed by atoms with Gasteiger partial charge < -0.3 is 9.47 Å². The van der Waals surface area contributed by atoms with Crippen LogP contribution in [0.4, 0.5) is 0 Å². The van der Waals surface area contributed by atoms with E-state index in [-0.39, 0.29) is 6.10 Å². The molecule has 2 nitrogen and oxygen atoms in total. The second kappa shape index (κ2) is 6.60. The molecule has 0 spiro atoms. The Kier molecular flexibility index (Phi) is 6.25. The maximum atomic E-state index is 5.22. The maximum absolute atomic E-state index is 5.22. The maximum Gasteiger partial charge on any atom is 0.117 e. The van der Waals surface area contributed by atoms with Crippen molar-refractivity contribution in [2.45, 2.75) is 19.4 Å². The second-order valence-corrected chi connectivity index (χ2v) is 1.93. The van der Waals surface area contributed by atoms with Crippen molar-refractivity contribution in [3.63, 3.8) is 0 Å². The lowest BCUT2D eigenvalue weighted by molar-refractivity contribution is 0.0424. The van der Waals surface area contributed by atoms with Gasteiger partial charge in [-0.25, -0.2) is 0 Å². The fourth-order valence-electron chi connectivity index (χ4n) is 0.558. The van der Waals surface area contributed by atoms with Gasteiger partial charge in [0, 0.05) is 7.11 Å². The molecule has 0 aliphatic carbocycles. The Bertz CT molecular complexity index is 104. The van der Waals surface area contributed by atoms with Gasteiger partial charge in [0.25, 0.3) is 0 Å². The van der Waals surface area contributed by atoms with Crippen LogP contribution in [-0.4, -0.2) is 26.4 Å². The lowest BCUT2D eigenvalue weighted by Gasteiger charge is -2.07. The molecule has 0 saturated carbocycles. The van der Waals surface area contributed by atoms with E-state index in [0.29, 0.717) is 13.2 Å². The summed E-state index contributed by atoms with van der Waals surface area (Å²) in [6, 6.07) is 0. The summed E-state index contributed by atoms with van der Waals surface area (Å²) >= 11 is 0. The Morgan fingerprint density at radius 1 is 1.50 bits per heavy atom. The fourth-order valence-corrected chi connectivity index (χ4v) is 0.558. The Morgan fingerprint density at radius 2 is 2.20 bits per heavy atom. The summed E-state index contributed by atoms with van der Waals surface area (Å²) in [5, 5.41) is 0. The van der Waals surface area contributed by atoms with Crippen LogP contribution in [0.1, 0.15) is 13.3 Å². The third-order valence-corrected chi connectivity index (χ3v) is 1.16. The summed E-state index contributed by atoms with van der Waals surface area (Å²) in [6.45, 7) is 3.19. The SMILES string of the molecule is C#CC(CC)OCCOC. The zero-order chi connectivity index (χ0) is 7.82. The average molecular weight is 142 g/mol. The van der Waals surface area contributed by atoms with Gasteiger partial charge in [-0.15, -0.1) is 6.42 Å². The van der Waals surface area contributed by atoms with E-state index in [1.54, 1.807) is 7.11 Å². The van der Waals surface area contributed by atoms with E-state index in [0.717, 1.165) is 6.42 Å². The molecule has 58 valence electrons. The zero-order valence-corrected chi connectivity index (χ0v) is 6.59. The molecule has 0 aromatic rings. The first kappa shape index (κ1) is 9.48. The van der Waals surface area contributed by atoms with Gasteiger partial charge in [0.05, 0.1) is 13.2 Å². The van der Waals surface area contributed by atoms with Crippen molar-refractivity contribution < 1.29 is 9.47 Å². The molecule has 0 radical (unpaired) electrons. The molecule has 0 bridgehead atoms. The van der Waals surface area contributed by atoms with Crippen molar-refractivity contribution in [1.82, 2.24) is 0 Å². The van der Waals surface area contributed by atoms with Gasteiger partial charge in [-0.05, 0) is 6.42 Å². The highest BCUT2D eigenvalue weighted by molar-refractivity contribution is 4.93. The largest absolute Gasteiger partial charge is 0.382 e. The summed E-state index contributed by atoms with van der Waals surface area (Å²) in [5.41, 5.74) is 0. The van der Waals surface area contributed by atoms with Crippen LogP contribution in [0.25, 0.3) is 0 Å². The quantitative estimate of drug-likeness (QED) is 0.422. The van der Waals surface area contributed by atoms with Crippen LogP contribution in [0.15, 0.2) is 0 Å². The predicted octanol–water partition coefficient (Wildman–Crippen LogP) is 1.06. The number of terminal acetylenes is 1. The lowest BCUT2D eigenvalue weighted by Crippen LogP contribution is -2.12. The molecule has 0 aromatic heterocycles. The number of hydrogen-bond acceptors (Lipinski definition) is 2. The molecule has 0 aromatic carbocycles. The van der Waals surface area contributed by atoms with Crippen molar-refractivity contribution in [3.8, 4) is 12.3 Å². The fraction of sp³-hybridized carbons (Fsp3) is 0.750. The van der Waals surface area contributed by atoms with Crippen molar-refractivity contribution in [1.29, 1.82) is 0 Å². The van der Waals surface area contributed by atoms with Crippen LogP contribution < -0.4 is 0 Å². The molecule has 0 saturated heterocycles. The standard InChI is InChI=1S/C8H14O2/c1-4-8(5-2)10-7-6-9-3/h1,8H,5-7H2,2-3H3. The Morgan fingerprint density at radius 3 is 2.60 bits per heavy atom. The summed E-state index contributed by atoms with van der Waals surface area (Å²) in [7, 11) is 1.64. The average Bonchev–Trinajstić information content (AvgIpc) is 1.99. The van der Waals surface area contributed by atoms with E-state index < -0.39 is 0 Å². The second-order valence-electron chi connectivity index (χ2n) is 1.93. The van der Waals surface area contributed by atoms with E-state index in [1.165, 1.54) is 0 Å². The van der Waals surface area contributed by atoms with Gasteiger partial charge in [0.2, 0.25) is 0 Å². The minimum Gasteiger partial charge on any atom is -0.382 e. The zero-order valence-electron chi connectivity index (χ0n) is 6.59. The first-order valence-corrected chi connectivity index (χ1v) is 3.41. The molecular weight excluding hydrogens is 128 g/mol. The van der Waals surface area contributed by atoms with Crippen LogP contribution in [0.5, 0.6) is 0 Å². The van der Waals surface area contributed by atoms with Crippen LogP contribution in [0, 0.1) is 12.3 Å². The molecule has 0 heterocycles. The van der Waals surface area contributed by atoms with Crippen LogP contribution in [0.2, 0.25) is 0 Å². The molecule has 0 aliphatic heterocycles. The Hall–Kier alpha value is -0.520. The molecule has 1 unspecified atom stereocenters. The highest BCUT2D eigenvalue weighted by Gasteiger charge is 1.98. The number of rotatable bonds is 5. The molecule has 10 heavy (non-hydrogen) atoms. The number of hydrogen-bond donors (Lipinski definition) is 0. The van der Waals surface area contributed by atoms with Gasteiger partial charge in [-0.2, -0.15) is 0 Å². The molecule has 1 atom stereocenters. The van der Waals surface area contributed by atoms with Crippen LogP contribution in [-0.2, 0) is 9.47 Å².